The van der Waals surface area contributed by atoms with E-state index in [2.05, 4.69) is 34.7 Å². The van der Waals surface area contributed by atoms with Crippen LogP contribution < -0.4 is 10.1 Å². The number of nitrogens with one attached hydrogen (secondary N) is 1. The van der Waals surface area contributed by atoms with Crippen LogP contribution in [0.5, 0.6) is 5.75 Å². The van der Waals surface area contributed by atoms with Crippen LogP contribution >= 0.6 is 11.3 Å². The Kier molecular flexibility index (Phi) is 4.93. The van der Waals surface area contributed by atoms with Gasteiger partial charge in [-0.1, -0.05) is 18.2 Å². The Bertz CT molecular complexity index is 524. The highest BCUT2D eigenvalue weighted by Crippen LogP contribution is 2.19. The summed E-state index contributed by atoms with van der Waals surface area (Å²) in [5, 5.41) is 6.73. The lowest BCUT2D eigenvalue weighted by atomic mass is 10.1. The first kappa shape index (κ1) is 14.0. The van der Waals surface area contributed by atoms with Gasteiger partial charge in [0.15, 0.2) is 0 Å². The molecule has 102 valence electrons. The lowest BCUT2D eigenvalue weighted by molar-refractivity contribution is 0.406. The molecular weight excluding hydrogens is 256 g/mol. The third-order valence-electron chi connectivity index (χ3n) is 2.99. The standard InChI is InChI=1S/C15H20N2OS/c1-11(16-9-15-17-12(2)10-19-15)8-13-6-4-5-7-14(13)18-3/h4-7,10-11,16H,8-9H2,1-3H3. The Morgan fingerprint density at radius 1 is 1.37 bits per heavy atom. The summed E-state index contributed by atoms with van der Waals surface area (Å²) < 4.78 is 5.37. The number of hydrogen-bond donors (Lipinski definition) is 1. The van der Waals surface area contributed by atoms with Crippen LogP contribution in [0.2, 0.25) is 0 Å². The molecule has 0 fully saturated rings. The zero-order valence-corrected chi connectivity index (χ0v) is 12.5. The van der Waals surface area contributed by atoms with Gasteiger partial charge in [0.05, 0.1) is 7.11 Å². The van der Waals surface area contributed by atoms with Gasteiger partial charge in [-0.2, -0.15) is 0 Å². The summed E-state index contributed by atoms with van der Waals surface area (Å²) >= 11 is 1.71. The van der Waals surface area contributed by atoms with E-state index in [4.69, 9.17) is 4.74 Å². The second-order valence-corrected chi connectivity index (χ2v) is 5.62. The zero-order valence-electron chi connectivity index (χ0n) is 11.6. The maximum Gasteiger partial charge on any atom is 0.122 e. The van der Waals surface area contributed by atoms with Gasteiger partial charge < -0.3 is 10.1 Å². The van der Waals surface area contributed by atoms with Crippen molar-refractivity contribution in [1.29, 1.82) is 0 Å². The summed E-state index contributed by atoms with van der Waals surface area (Å²) in [4.78, 5) is 4.45. The molecule has 0 spiro atoms. The molecule has 0 aliphatic carbocycles. The van der Waals surface area contributed by atoms with Crippen molar-refractivity contribution in [3.63, 3.8) is 0 Å². The lowest BCUT2D eigenvalue weighted by Gasteiger charge is -2.15. The Labute approximate surface area is 118 Å². The summed E-state index contributed by atoms with van der Waals surface area (Å²) in [5.41, 5.74) is 2.33. The molecule has 1 atom stereocenters. The third kappa shape index (κ3) is 4.04. The molecule has 4 heteroatoms. The molecule has 0 bridgehead atoms. The number of aryl methyl sites for hydroxylation is 1. The molecule has 1 N–H and O–H groups in total. The number of thiazole rings is 1. The fourth-order valence-corrected chi connectivity index (χ4v) is 2.74. The van der Waals surface area contributed by atoms with E-state index in [1.54, 1.807) is 18.4 Å². The van der Waals surface area contributed by atoms with E-state index in [0.717, 1.165) is 29.4 Å². The molecule has 1 aromatic carbocycles. The minimum absolute atomic E-state index is 0.389. The van der Waals surface area contributed by atoms with Crippen LogP contribution in [0.3, 0.4) is 0 Å². The summed E-state index contributed by atoms with van der Waals surface area (Å²) in [5.74, 6) is 0.959. The van der Waals surface area contributed by atoms with Crippen molar-refractivity contribution in [2.24, 2.45) is 0 Å². The van der Waals surface area contributed by atoms with Crippen LogP contribution in [-0.4, -0.2) is 18.1 Å². The van der Waals surface area contributed by atoms with Crippen LogP contribution in [0.15, 0.2) is 29.6 Å². The van der Waals surface area contributed by atoms with Gasteiger partial charge in [-0.3, -0.25) is 0 Å². The normalized spacial score (nSPS) is 12.4. The Balaban J connectivity index is 1.88. The molecule has 1 unspecified atom stereocenters. The highest BCUT2D eigenvalue weighted by molar-refractivity contribution is 7.09. The molecule has 1 aromatic heterocycles. The van der Waals surface area contributed by atoms with Crippen LogP contribution in [0.25, 0.3) is 0 Å². The SMILES string of the molecule is COc1ccccc1CC(C)NCc1nc(C)cs1. The van der Waals surface area contributed by atoms with Crippen molar-refractivity contribution in [1.82, 2.24) is 10.3 Å². The van der Waals surface area contributed by atoms with E-state index in [1.807, 2.05) is 19.1 Å². The van der Waals surface area contributed by atoms with E-state index < -0.39 is 0 Å². The first-order chi connectivity index (χ1) is 9.19. The van der Waals surface area contributed by atoms with E-state index in [-0.39, 0.29) is 0 Å². The van der Waals surface area contributed by atoms with Gasteiger partial charge in [-0.05, 0) is 31.9 Å². The van der Waals surface area contributed by atoms with E-state index in [9.17, 15) is 0 Å². The second-order valence-electron chi connectivity index (χ2n) is 4.68. The van der Waals surface area contributed by atoms with Gasteiger partial charge in [0.1, 0.15) is 10.8 Å². The first-order valence-electron chi connectivity index (χ1n) is 6.45. The largest absolute Gasteiger partial charge is 0.496 e. The molecule has 0 saturated carbocycles. The van der Waals surface area contributed by atoms with E-state index in [0.29, 0.717) is 6.04 Å². The molecule has 0 amide bonds. The topological polar surface area (TPSA) is 34.1 Å². The molecule has 0 radical (unpaired) electrons. The summed E-state index contributed by atoms with van der Waals surface area (Å²) in [7, 11) is 1.72. The molecule has 0 saturated heterocycles. The van der Waals surface area contributed by atoms with Crippen LogP contribution in [-0.2, 0) is 13.0 Å². The predicted molar refractivity (Wildman–Crippen MR) is 79.9 cm³/mol. The van der Waals surface area contributed by atoms with Crippen molar-refractivity contribution in [2.45, 2.75) is 32.9 Å². The fourth-order valence-electron chi connectivity index (χ4n) is 2.02. The molecular formula is C15H20N2OS. The van der Waals surface area contributed by atoms with Crippen LogP contribution in [0.4, 0.5) is 0 Å². The minimum atomic E-state index is 0.389. The minimum Gasteiger partial charge on any atom is -0.496 e. The maximum absolute atomic E-state index is 5.37. The third-order valence-corrected chi connectivity index (χ3v) is 3.95. The highest BCUT2D eigenvalue weighted by atomic mass is 32.1. The average molecular weight is 276 g/mol. The van der Waals surface area contributed by atoms with Crippen molar-refractivity contribution in [2.75, 3.05) is 7.11 Å². The Morgan fingerprint density at radius 3 is 2.84 bits per heavy atom. The number of aromatic nitrogens is 1. The predicted octanol–water partition coefficient (Wildman–Crippen LogP) is 3.18. The highest BCUT2D eigenvalue weighted by Gasteiger charge is 2.08. The van der Waals surface area contributed by atoms with Gasteiger partial charge >= 0.3 is 0 Å². The number of benzene rings is 1. The van der Waals surface area contributed by atoms with Crippen LogP contribution in [0, 0.1) is 6.92 Å². The van der Waals surface area contributed by atoms with E-state index in [1.165, 1.54) is 5.56 Å². The van der Waals surface area contributed by atoms with Crippen molar-refractivity contribution >= 4 is 11.3 Å². The monoisotopic (exact) mass is 276 g/mol. The smallest absolute Gasteiger partial charge is 0.122 e. The number of rotatable bonds is 6. The van der Waals surface area contributed by atoms with Gasteiger partial charge in [-0.25, -0.2) is 4.98 Å². The number of ether oxygens (including phenoxy) is 1. The van der Waals surface area contributed by atoms with Gasteiger partial charge in [0.2, 0.25) is 0 Å². The van der Waals surface area contributed by atoms with Gasteiger partial charge in [0, 0.05) is 23.7 Å². The van der Waals surface area contributed by atoms with Crippen molar-refractivity contribution in [3.05, 3.63) is 45.9 Å². The summed E-state index contributed by atoms with van der Waals surface area (Å²) in [6.07, 6.45) is 0.953. The van der Waals surface area contributed by atoms with Crippen molar-refractivity contribution < 1.29 is 4.74 Å². The second kappa shape index (κ2) is 6.68. The molecule has 2 rings (SSSR count). The quantitative estimate of drug-likeness (QED) is 0.880. The molecule has 19 heavy (non-hydrogen) atoms. The number of nitrogens with zero attached hydrogens (tertiary/aromatic N) is 1. The first-order valence-corrected chi connectivity index (χ1v) is 7.33. The van der Waals surface area contributed by atoms with Crippen molar-refractivity contribution in [3.8, 4) is 5.75 Å². The number of hydrogen-bond acceptors (Lipinski definition) is 4. The molecule has 3 nitrogen and oxygen atoms in total. The van der Waals surface area contributed by atoms with Gasteiger partial charge in [0.25, 0.3) is 0 Å². The fraction of sp³-hybridized carbons (Fsp3) is 0.400. The van der Waals surface area contributed by atoms with E-state index >= 15 is 0 Å². The lowest BCUT2D eigenvalue weighted by Crippen LogP contribution is -2.27. The van der Waals surface area contributed by atoms with Crippen LogP contribution in [0.1, 0.15) is 23.2 Å². The van der Waals surface area contributed by atoms with Gasteiger partial charge in [-0.15, -0.1) is 11.3 Å². The molecule has 1 heterocycles. The summed E-state index contributed by atoms with van der Waals surface area (Å²) in [6.45, 7) is 5.04. The number of methoxy groups -OCH3 is 1. The maximum atomic E-state index is 5.37. The Morgan fingerprint density at radius 2 is 2.16 bits per heavy atom. The average Bonchev–Trinajstić information content (AvgIpc) is 2.83. The Hall–Kier alpha value is -1.39. The molecule has 2 aromatic rings. The molecule has 0 aliphatic rings. The number of para-hydroxylation sites is 1. The molecule has 0 aliphatic heterocycles. The zero-order chi connectivity index (χ0) is 13.7. The summed E-state index contributed by atoms with van der Waals surface area (Å²) in [6, 6.07) is 8.56.